The third-order valence-electron chi connectivity index (χ3n) is 2.64. The molecule has 0 atom stereocenters. The molecule has 0 spiro atoms. The molecule has 1 N–H and O–H groups in total. The van der Waals surface area contributed by atoms with Crippen LogP contribution in [0.25, 0.3) is 0 Å². The summed E-state index contributed by atoms with van der Waals surface area (Å²) in [5.41, 5.74) is 1.68. The summed E-state index contributed by atoms with van der Waals surface area (Å²) in [7, 11) is 0. The Hall–Kier alpha value is -1.32. The zero-order valence-corrected chi connectivity index (χ0v) is 9.29. The largest absolute Gasteiger partial charge is 0.348 e. The lowest BCUT2D eigenvalue weighted by Crippen LogP contribution is -2.27. The third kappa shape index (κ3) is 2.19. The number of aryl methyl sites for hydroxylation is 2. The molecule has 82 valence electrons. The number of nitrogens with zero attached hydrogens (tertiary/aromatic N) is 2. The first-order chi connectivity index (χ1) is 7.24. The summed E-state index contributed by atoms with van der Waals surface area (Å²) in [4.78, 5) is 11.8. The van der Waals surface area contributed by atoms with Crippen LogP contribution in [0.3, 0.4) is 0 Å². The number of carbonyl (C=O) groups is 1. The fourth-order valence-electron chi connectivity index (χ4n) is 1.55. The molecule has 4 heteroatoms. The molecule has 1 amide bonds. The van der Waals surface area contributed by atoms with Crippen LogP contribution in [0.2, 0.25) is 0 Å². The number of hydrogen-bond donors (Lipinski definition) is 1. The minimum Gasteiger partial charge on any atom is -0.348 e. The summed E-state index contributed by atoms with van der Waals surface area (Å²) >= 11 is 0. The minimum atomic E-state index is 0.0200. The van der Waals surface area contributed by atoms with Gasteiger partial charge in [-0.3, -0.25) is 9.48 Å². The van der Waals surface area contributed by atoms with Gasteiger partial charge in [0.15, 0.2) is 0 Å². The average molecular weight is 207 g/mol. The van der Waals surface area contributed by atoms with Crippen molar-refractivity contribution in [2.24, 2.45) is 0 Å². The van der Waals surface area contributed by atoms with E-state index in [4.69, 9.17) is 0 Å². The standard InChI is InChI=1S/C11H17N3O/c1-3-8-7-10(14(4-2)13-8)11(15)12-9-5-6-9/h7,9H,3-6H2,1-2H3,(H,12,15). The summed E-state index contributed by atoms with van der Waals surface area (Å²) in [5, 5.41) is 7.33. The zero-order valence-electron chi connectivity index (χ0n) is 9.29. The van der Waals surface area contributed by atoms with Crippen molar-refractivity contribution >= 4 is 5.91 Å². The maximum atomic E-state index is 11.8. The molecule has 0 saturated heterocycles. The highest BCUT2D eigenvalue weighted by molar-refractivity contribution is 5.93. The highest BCUT2D eigenvalue weighted by Gasteiger charge is 2.25. The van der Waals surface area contributed by atoms with Gasteiger partial charge in [-0.2, -0.15) is 5.10 Å². The summed E-state index contributed by atoms with van der Waals surface area (Å²) < 4.78 is 1.77. The van der Waals surface area contributed by atoms with Gasteiger partial charge in [-0.1, -0.05) is 6.92 Å². The molecule has 0 radical (unpaired) electrons. The van der Waals surface area contributed by atoms with Crippen LogP contribution in [-0.4, -0.2) is 21.7 Å². The molecule has 1 aliphatic rings. The maximum Gasteiger partial charge on any atom is 0.269 e. The number of nitrogens with one attached hydrogen (secondary N) is 1. The molecule has 1 fully saturated rings. The van der Waals surface area contributed by atoms with E-state index in [9.17, 15) is 4.79 Å². The topological polar surface area (TPSA) is 46.9 Å². The van der Waals surface area contributed by atoms with Gasteiger partial charge in [0.25, 0.3) is 5.91 Å². The second-order valence-electron chi connectivity index (χ2n) is 3.94. The van der Waals surface area contributed by atoms with Crippen LogP contribution in [0.4, 0.5) is 0 Å². The van der Waals surface area contributed by atoms with Gasteiger partial charge < -0.3 is 5.32 Å². The van der Waals surface area contributed by atoms with Crippen LogP contribution < -0.4 is 5.32 Å². The molecule has 0 unspecified atom stereocenters. The fraction of sp³-hybridized carbons (Fsp3) is 0.636. The second-order valence-corrected chi connectivity index (χ2v) is 3.94. The lowest BCUT2D eigenvalue weighted by atomic mass is 10.3. The SMILES string of the molecule is CCc1cc(C(=O)NC2CC2)n(CC)n1. The van der Waals surface area contributed by atoms with E-state index in [0.717, 1.165) is 31.5 Å². The van der Waals surface area contributed by atoms with E-state index < -0.39 is 0 Å². The lowest BCUT2D eigenvalue weighted by Gasteiger charge is -2.04. The quantitative estimate of drug-likeness (QED) is 0.810. The molecule has 1 aromatic rings. The van der Waals surface area contributed by atoms with Gasteiger partial charge in [0, 0.05) is 12.6 Å². The van der Waals surface area contributed by atoms with Crippen LogP contribution >= 0.6 is 0 Å². The predicted molar refractivity (Wildman–Crippen MR) is 57.8 cm³/mol. The molecular weight excluding hydrogens is 190 g/mol. The molecule has 2 rings (SSSR count). The molecule has 1 aliphatic carbocycles. The fourth-order valence-corrected chi connectivity index (χ4v) is 1.55. The van der Waals surface area contributed by atoms with E-state index in [1.54, 1.807) is 4.68 Å². The number of hydrogen-bond acceptors (Lipinski definition) is 2. The molecule has 4 nitrogen and oxygen atoms in total. The van der Waals surface area contributed by atoms with Crippen molar-refractivity contribution in [2.75, 3.05) is 0 Å². The molecule has 0 aliphatic heterocycles. The molecule has 1 heterocycles. The van der Waals surface area contributed by atoms with Crippen LogP contribution in [0.1, 0.15) is 42.9 Å². The Bertz CT molecular complexity index is 366. The highest BCUT2D eigenvalue weighted by atomic mass is 16.2. The van der Waals surface area contributed by atoms with Crippen LogP contribution in [0, 0.1) is 0 Å². The van der Waals surface area contributed by atoms with E-state index in [-0.39, 0.29) is 5.91 Å². The maximum absolute atomic E-state index is 11.8. The van der Waals surface area contributed by atoms with Crippen molar-refractivity contribution in [3.05, 3.63) is 17.5 Å². The van der Waals surface area contributed by atoms with Gasteiger partial charge in [-0.15, -0.1) is 0 Å². The predicted octanol–water partition coefficient (Wildman–Crippen LogP) is 1.36. The van der Waals surface area contributed by atoms with E-state index >= 15 is 0 Å². The smallest absolute Gasteiger partial charge is 0.269 e. The van der Waals surface area contributed by atoms with E-state index in [1.165, 1.54) is 0 Å². The van der Waals surface area contributed by atoms with Crippen molar-refractivity contribution in [1.29, 1.82) is 0 Å². The third-order valence-corrected chi connectivity index (χ3v) is 2.64. The summed E-state index contributed by atoms with van der Waals surface area (Å²) in [6.45, 7) is 4.79. The first-order valence-corrected chi connectivity index (χ1v) is 5.62. The number of aromatic nitrogens is 2. The van der Waals surface area contributed by atoms with Crippen molar-refractivity contribution in [2.45, 2.75) is 45.7 Å². The first-order valence-electron chi connectivity index (χ1n) is 5.62. The van der Waals surface area contributed by atoms with Crippen molar-refractivity contribution < 1.29 is 4.79 Å². The molecular formula is C11H17N3O. The molecule has 15 heavy (non-hydrogen) atoms. The summed E-state index contributed by atoms with van der Waals surface area (Å²) in [5.74, 6) is 0.0200. The minimum absolute atomic E-state index is 0.0200. The Morgan fingerprint density at radius 3 is 2.87 bits per heavy atom. The zero-order chi connectivity index (χ0) is 10.8. The number of carbonyl (C=O) groups excluding carboxylic acids is 1. The van der Waals surface area contributed by atoms with Gasteiger partial charge in [0.2, 0.25) is 0 Å². The van der Waals surface area contributed by atoms with E-state index in [2.05, 4.69) is 10.4 Å². The Balaban J connectivity index is 2.16. The van der Waals surface area contributed by atoms with Gasteiger partial charge >= 0.3 is 0 Å². The first kappa shape index (κ1) is 10.2. The van der Waals surface area contributed by atoms with E-state index in [0.29, 0.717) is 11.7 Å². The lowest BCUT2D eigenvalue weighted by molar-refractivity contribution is 0.0940. The average Bonchev–Trinajstić information content (AvgIpc) is 2.95. The van der Waals surface area contributed by atoms with Gasteiger partial charge in [0.1, 0.15) is 5.69 Å². The van der Waals surface area contributed by atoms with Gasteiger partial charge in [-0.25, -0.2) is 0 Å². The van der Waals surface area contributed by atoms with Crippen molar-refractivity contribution in [1.82, 2.24) is 15.1 Å². The molecule has 1 aromatic heterocycles. The second kappa shape index (κ2) is 4.04. The Labute approximate surface area is 89.7 Å². The van der Waals surface area contributed by atoms with Gasteiger partial charge in [0.05, 0.1) is 5.69 Å². The Morgan fingerprint density at radius 1 is 1.60 bits per heavy atom. The Kier molecular flexibility index (Phi) is 2.75. The number of amides is 1. The van der Waals surface area contributed by atoms with E-state index in [1.807, 2.05) is 19.9 Å². The Morgan fingerprint density at radius 2 is 2.33 bits per heavy atom. The highest BCUT2D eigenvalue weighted by Crippen LogP contribution is 2.19. The molecule has 0 aromatic carbocycles. The van der Waals surface area contributed by atoms with Crippen LogP contribution in [-0.2, 0) is 13.0 Å². The monoisotopic (exact) mass is 207 g/mol. The molecule has 1 saturated carbocycles. The summed E-state index contributed by atoms with van der Waals surface area (Å²) in [6, 6.07) is 2.30. The van der Waals surface area contributed by atoms with Crippen LogP contribution in [0.15, 0.2) is 6.07 Å². The van der Waals surface area contributed by atoms with Crippen LogP contribution in [0.5, 0.6) is 0 Å². The van der Waals surface area contributed by atoms with Crippen molar-refractivity contribution in [3.63, 3.8) is 0 Å². The molecule has 0 bridgehead atoms. The number of rotatable bonds is 4. The summed E-state index contributed by atoms with van der Waals surface area (Å²) in [6.07, 6.45) is 3.11. The van der Waals surface area contributed by atoms with Gasteiger partial charge in [-0.05, 0) is 32.3 Å². The van der Waals surface area contributed by atoms with Crippen molar-refractivity contribution in [3.8, 4) is 0 Å². The normalized spacial score (nSPS) is 15.3.